The molecular formula is C29H36N2O4S. The van der Waals surface area contributed by atoms with Crippen LogP contribution in [0.15, 0.2) is 77.7 Å². The van der Waals surface area contributed by atoms with Crippen molar-refractivity contribution < 1.29 is 17.9 Å². The van der Waals surface area contributed by atoms with Crippen LogP contribution in [0, 0.1) is 6.92 Å². The van der Waals surface area contributed by atoms with Crippen molar-refractivity contribution >= 4 is 21.6 Å². The van der Waals surface area contributed by atoms with Crippen LogP contribution in [0.1, 0.15) is 57.4 Å². The molecule has 1 atom stereocenters. The van der Waals surface area contributed by atoms with Gasteiger partial charge in [0, 0.05) is 0 Å². The van der Waals surface area contributed by atoms with Crippen molar-refractivity contribution in [3.05, 3.63) is 89.5 Å². The second kappa shape index (κ2) is 11.2. The molecule has 0 aliphatic heterocycles. The van der Waals surface area contributed by atoms with Gasteiger partial charge in [-0.1, -0.05) is 62.7 Å². The number of anilines is 1. The van der Waals surface area contributed by atoms with Gasteiger partial charge in [0.2, 0.25) is 5.91 Å². The predicted octanol–water partition coefficient (Wildman–Crippen LogP) is 5.76. The number of amides is 1. The van der Waals surface area contributed by atoms with Crippen molar-refractivity contribution in [2.75, 3.05) is 17.5 Å². The lowest BCUT2D eigenvalue weighted by Gasteiger charge is -2.25. The quantitative estimate of drug-likeness (QED) is 0.398. The minimum atomic E-state index is -3.98. The molecule has 1 amide bonds. The number of ether oxygens (including phenoxy) is 1. The number of rotatable bonds is 9. The fourth-order valence-corrected chi connectivity index (χ4v) is 5.22. The highest BCUT2D eigenvalue weighted by Crippen LogP contribution is 2.27. The molecule has 3 aromatic rings. The van der Waals surface area contributed by atoms with Gasteiger partial charge in [-0.15, -0.1) is 0 Å². The first-order chi connectivity index (χ1) is 16.9. The second-order valence-electron chi connectivity index (χ2n) is 9.91. The number of carbonyl (C=O) groups is 1. The third-order valence-corrected chi connectivity index (χ3v) is 7.77. The largest absolute Gasteiger partial charge is 0.494 e. The lowest BCUT2D eigenvalue weighted by molar-refractivity contribution is -0.120. The highest BCUT2D eigenvalue weighted by Gasteiger charge is 2.28. The van der Waals surface area contributed by atoms with E-state index < -0.39 is 15.9 Å². The van der Waals surface area contributed by atoms with E-state index in [9.17, 15) is 13.2 Å². The molecule has 0 radical (unpaired) electrons. The molecule has 0 saturated carbocycles. The van der Waals surface area contributed by atoms with E-state index in [-0.39, 0.29) is 22.9 Å². The Morgan fingerprint density at radius 1 is 0.944 bits per heavy atom. The third kappa shape index (κ3) is 6.66. The molecule has 0 fully saturated rings. The molecule has 0 aromatic heterocycles. The SMILES string of the molecule is CCOc1ccc(N(CC(=O)NC(C)c2ccc(C(C)(C)C)cc2)S(=O)(=O)c2ccc(C)cc2)cc1. The molecule has 0 aliphatic rings. The summed E-state index contributed by atoms with van der Waals surface area (Å²) in [5, 5.41) is 2.95. The zero-order chi connectivity index (χ0) is 26.5. The van der Waals surface area contributed by atoms with Gasteiger partial charge in [0.1, 0.15) is 12.3 Å². The van der Waals surface area contributed by atoms with Crippen LogP contribution in [0.25, 0.3) is 0 Å². The summed E-state index contributed by atoms with van der Waals surface area (Å²) < 4.78 is 33.8. The van der Waals surface area contributed by atoms with Crippen LogP contribution in [-0.2, 0) is 20.2 Å². The topological polar surface area (TPSA) is 75.7 Å². The van der Waals surface area contributed by atoms with Gasteiger partial charge in [-0.25, -0.2) is 8.42 Å². The molecule has 0 saturated heterocycles. The smallest absolute Gasteiger partial charge is 0.264 e. The summed E-state index contributed by atoms with van der Waals surface area (Å²) in [7, 11) is -3.98. The first-order valence-corrected chi connectivity index (χ1v) is 13.6. The minimum Gasteiger partial charge on any atom is -0.494 e. The summed E-state index contributed by atoms with van der Waals surface area (Å²) in [6, 6.07) is 21.1. The van der Waals surface area contributed by atoms with Crippen molar-refractivity contribution in [3.8, 4) is 5.75 Å². The number of hydrogen-bond acceptors (Lipinski definition) is 4. The Morgan fingerprint density at radius 2 is 1.53 bits per heavy atom. The van der Waals surface area contributed by atoms with E-state index in [0.29, 0.717) is 18.0 Å². The molecule has 3 rings (SSSR count). The Labute approximate surface area is 215 Å². The summed E-state index contributed by atoms with van der Waals surface area (Å²) >= 11 is 0. The average Bonchev–Trinajstić information content (AvgIpc) is 2.83. The van der Waals surface area contributed by atoms with E-state index in [1.165, 1.54) is 5.56 Å². The fourth-order valence-electron chi connectivity index (χ4n) is 3.80. The molecule has 0 aliphatic carbocycles. The van der Waals surface area contributed by atoms with Gasteiger partial charge in [0.05, 0.1) is 23.2 Å². The van der Waals surface area contributed by atoms with Crippen LogP contribution in [-0.4, -0.2) is 27.5 Å². The van der Waals surface area contributed by atoms with Gasteiger partial charge < -0.3 is 10.1 Å². The maximum absolute atomic E-state index is 13.6. The van der Waals surface area contributed by atoms with E-state index in [1.54, 1.807) is 48.5 Å². The molecular weight excluding hydrogens is 472 g/mol. The molecule has 6 nitrogen and oxygen atoms in total. The molecule has 36 heavy (non-hydrogen) atoms. The summed E-state index contributed by atoms with van der Waals surface area (Å²) in [5.74, 6) is 0.234. The number of nitrogens with one attached hydrogen (secondary N) is 1. The van der Waals surface area contributed by atoms with Gasteiger partial charge in [0.25, 0.3) is 10.0 Å². The van der Waals surface area contributed by atoms with E-state index in [2.05, 4.69) is 38.2 Å². The number of carbonyl (C=O) groups excluding carboxylic acids is 1. The molecule has 192 valence electrons. The molecule has 0 spiro atoms. The van der Waals surface area contributed by atoms with Crippen LogP contribution in [0.5, 0.6) is 5.75 Å². The number of nitrogens with zero attached hydrogens (tertiary/aromatic N) is 1. The van der Waals surface area contributed by atoms with Crippen molar-refractivity contribution in [2.45, 2.75) is 57.9 Å². The summed E-state index contributed by atoms with van der Waals surface area (Å²) in [4.78, 5) is 13.2. The molecule has 3 aromatic carbocycles. The Bertz CT molecular complexity index is 1260. The molecule has 0 bridgehead atoms. The summed E-state index contributed by atoms with van der Waals surface area (Å²) in [6.45, 7) is 12.3. The lowest BCUT2D eigenvalue weighted by atomic mass is 9.86. The second-order valence-corrected chi connectivity index (χ2v) is 11.8. The zero-order valence-electron chi connectivity index (χ0n) is 21.9. The standard InChI is InChI=1S/C29H36N2O4S/c1-7-35-26-16-14-25(15-17-26)31(36(33,34)27-18-8-21(2)9-19-27)20-28(32)30-22(3)23-10-12-24(13-11-23)29(4,5)6/h8-19,22H,7,20H2,1-6H3,(H,30,32). The molecule has 7 heteroatoms. The van der Waals surface area contributed by atoms with Gasteiger partial charge >= 0.3 is 0 Å². The molecule has 1 unspecified atom stereocenters. The van der Waals surface area contributed by atoms with E-state index in [0.717, 1.165) is 15.4 Å². The van der Waals surface area contributed by atoms with Gasteiger partial charge in [-0.3, -0.25) is 9.10 Å². The molecule has 1 N–H and O–H groups in total. The van der Waals surface area contributed by atoms with E-state index in [1.807, 2.05) is 32.9 Å². The van der Waals surface area contributed by atoms with Gasteiger partial charge in [-0.2, -0.15) is 0 Å². The Balaban J connectivity index is 1.85. The highest BCUT2D eigenvalue weighted by atomic mass is 32.2. The maximum atomic E-state index is 13.6. The van der Waals surface area contributed by atoms with Crippen LogP contribution >= 0.6 is 0 Å². The first kappa shape index (κ1) is 27.3. The zero-order valence-corrected chi connectivity index (χ0v) is 22.7. The molecule has 0 heterocycles. The van der Waals surface area contributed by atoms with Crippen molar-refractivity contribution in [2.24, 2.45) is 0 Å². The van der Waals surface area contributed by atoms with Crippen LogP contribution < -0.4 is 14.4 Å². The highest BCUT2D eigenvalue weighted by molar-refractivity contribution is 7.92. The van der Waals surface area contributed by atoms with Crippen LogP contribution in [0.4, 0.5) is 5.69 Å². The fraction of sp³-hybridized carbons (Fsp3) is 0.345. The van der Waals surface area contributed by atoms with Crippen molar-refractivity contribution in [3.63, 3.8) is 0 Å². The monoisotopic (exact) mass is 508 g/mol. The van der Waals surface area contributed by atoms with Crippen LogP contribution in [0.3, 0.4) is 0 Å². The Kier molecular flexibility index (Phi) is 8.46. The number of benzene rings is 3. The predicted molar refractivity (Wildman–Crippen MR) is 145 cm³/mol. The summed E-state index contributed by atoms with van der Waals surface area (Å²) in [6.07, 6.45) is 0. The number of sulfonamides is 1. The average molecular weight is 509 g/mol. The van der Waals surface area contributed by atoms with Crippen molar-refractivity contribution in [1.82, 2.24) is 5.32 Å². The van der Waals surface area contributed by atoms with Crippen molar-refractivity contribution in [1.29, 1.82) is 0 Å². The first-order valence-electron chi connectivity index (χ1n) is 12.1. The number of hydrogen-bond donors (Lipinski definition) is 1. The summed E-state index contributed by atoms with van der Waals surface area (Å²) in [5.41, 5.74) is 3.52. The minimum absolute atomic E-state index is 0.0353. The normalized spacial score (nSPS) is 12.6. The Hall–Kier alpha value is -3.32. The number of aryl methyl sites for hydroxylation is 1. The maximum Gasteiger partial charge on any atom is 0.264 e. The lowest BCUT2D eigenvalue weighted by Crippen LogP contribution is -2.41. The van der Waals surface area contributed by atoms with E-state index >= 15 is 0 Å². The third-order valence-electron chi connectivity index (χ3n) is 5.99. The van der Waals surface area contributed by atoms with Crippen LogP contribution in [0.2, 0.25) is 0 Å². The Morgan fingerprint density at radius 3 is 2.06 bits per heavy atom. The van der Waals surface area contributed by atoms with E-state index in [4.69, 9.17) is 4.74 Å². The van der Waals surface area contributed by atoms with Gasteiger partial charge in [0.15, 0.2) is 0 Å². The van der Waals surface area contributed by atoms with Gasteiger partial charge in [-0.05, 0) is 73.7 Å².